The molecule has 1 unspecified atom stereocenters. The zero-order chi connectivity index (χ0) is 16.9. The van der Waals surface area contributed by atoms with E-state index in [4.69, 9.17) is 4.74 Å². The van der Waals surface area contributed by atoms with E-state index in [0.29, 0.717) is 0 Å². The third-order valence-corrected chi connectivity index (χ3v) is 2.93. The number of ether oxygens (including phenoxy) is 3. The van der Waals surface area contributed by atoms with Gasteiger partial charge in [0.15, 0.2) is 5.69 Å². The lowest BCUT2D eigenvalue weighted by atomic mass is 10.2. The maximum absolute atomic E-state index is 11.9. The second-order valence-electron chi connectivity index (χ2n) is 4.37. The van der Waals surface area contributed by atoms with Crippen LogP contribution in [0.1, 0.15) is 23.1 Å². The molecule has 0 aliphatic heterocycles. The molecular weight excluding hydrogens is 298 g/mol. The molecule has 0 bridgehead atoms. The molecular formula is C12H17N3O7. The van der Waals surface area contributed by atoms with E-state index in [0.717, 1.165) is 18.9 Å². The minimum atomic E-state index is -0.918. The number of hydrogen-bond acceptors (Lipinski definition) is 8. The van der Waals surface area contributed by atoms with Gasteiger partial charge in [-0.25, -0.2) is 9.48 Å². The minimum Gasteiger partial charge on any atom is -0.469 e. The Hall–Kier alpha value is -2.49. The first-order valence-electron chi connectivity index (χ1n) is 6.27. The summed E-state index contributed by atoms with van der Waals surface area (Å²) < 4.78 is 15.2. The van der Waals surface area contributed by atoms with Gasteiger partial charge in [0.2, 0.25) is 5.69 Å². The Morgan fingerprint density at radius 2 is 1.95 bits per heavy atom. The van der Waals surface area contributed by atoms with E-state index in [2.05, 4.69) is 14.6 Å². The summed E-state index contributed by atoms with van der Waals surface area (Å²) in [6.07, 6.45) is -0.778. The molecule has 1 aromatic heterocycles. The average molecular weight is 315 g/mol. The van der Waals surface area contributed by atoms with E-state index in [1.807, 2.05) is 0 Å². The number of carbonyl (C=O) groups excluding carboxylic acids is 2. The largest absolute Gasteiger partial charge is 0.469 e. The Morgan fingerprint density at radius 3 is 2.41 bits per heavy atom. The van der Waals surface area contributed by atoms with Crippen molar-refractivity contribution in [1.29, 1.82) is 0 Å². The van der Waals surface area contributed by atoms with Crippen LogP contribution in [0, 0.1) is 10.1 Å². The molecule has 0 N–H and O–H groups in total. The first kappa shape index (κ1) is 17.6. The summed E-state index contributed by atoms with van der Waals surface area (Å²) in [4.78, 5) is 33.7. The molecule has 1 aromatic rings. The maximum Gasteiger partial charge on any atom is 0.363 e. The molecule has 0 radical (unpaired) electrons. The first-order valence-corrected chi connectivity index (χ1v) is 6.27. The van der Waals surface area contributed by atoms with Gasteiger partial charge in [-0.15, -0.1) is 0 Å². The summed E-state index contributed by atoms with van der Waals surface area (Å²) in [6.45, 7) is 1.79. The van der Waals surface area contributed by atoms with Crippen molar-refractivity contribution in [2.24, 2.45) is 0 Å². The van der Waals surface area contributed by atoms with E-state index in [9.17, 15) is 19.7 Å². The fraction of sp³-hybridized carbons (Fsp3) is 0.583. The summed E-state index contributed by atoms with van der Waals surface area (Å²) in [7, 11) is 3.71. The third kappa shape index (κ3) is 3.79. The van der Waals surface area contributed by atoms with Crippen LogP contribution in [-0.2, 0) is 32.0 Å². The van der Waals surface area contributed by atoms with Crippen LogP contribution in [0.15, 0.2) is 0 Å². The van der Waals surface area contributed by atoms with Gasteiger partial charge in [-0.05, 0) is 6.92 Å². The lowest BCUT2D eigenvalue weighted by molar-refractivity contribution is -0.386. The molecule has 0 amide bonds. The normalized spacial score (nSPS) is 11.8. The number of rotatable bonds is 7. The van der Waals surface area contributed by atoms with Crippen molar-refractivity contribution < 1.29 is 28.7 Å². The SMILES string of the molecule is COC(=O)Cc1nn(CC(C)OC)c(C(=O)OC)c1[N+](=O)[O-]. The maximum atomic E-state index is 11.9. The van der Waals surface area contributed by atoms with Gasteiger partial charge < -0.3 is 14.2 Å². The Bertz CT molecular complexity index is 582. The summed E-state index contributed by atoms with van der Waals surface area (Å²) in [6, 6.07) is 0. The van der Waals surface area contributed by atoms with E-state index in [1.165, 1.54) is 7.11 Å². The van der Waals surface area contributed by atoms with Crippen molar-refractivity contribution in [1.82, 2.24) is 9.78 Å². The highest BCUT2D eigenvalue weighted by molar-refractivity contribution is 5.93. The van der Waals surface area contributed by atoms with Crippen LogP contribution in [0.4, 0.5) is 5.69 Å². The molecule has 0 saturated heterocycles. The second kappa shape index (κ2) is 7.50. The van der Waals surface area contributed by atoms with Crippen LogP contribution in [0.25, 0.3) is 0 Å². The van der Waals surface area contributed by atoms with Gasteiger partial charge in [0, 0.05) is 7.11 Å². The number of nitro groups is 1. The molecule has 1 heterocycles. The van der Waals surface area contributed by atoms with Gasteiger partial charge in [0.25, 0.3) is 0 Å². The summed E-state index contributed by atoms with van der Waals surface area (Å²) in [5, 5.41) is 15.2. The van der Waals surface area contributed by atoms with Crippen molar-refractivity contribution >= 4 is 17.6 Å². The zero-order valence-corrected chi connectivity index (χ0v) is 12.7. The first-order chi connectivity index (χ1) is 10.3. The number of esters is 2. The van der Waals surface area contributed by atoms with Gasteiger partial charge in [-0.2, -0.15) is 5.10 Å². The second-order valence-corrected chi connectivity index (χ2v) is 4.37. The van der Waals surface area contributed by atoms with Crippen molar-refractivity contribution in [3.05, 3.63) is 21.5 Å². The quantitative estimate of drug-likeness (QED) is 0.400. The Balaban J connectivity index is 3.41. The molecule has 1 atom stereocenters. The lowest BCUT2D eigenvalue weighted by Crippen LogP contribution is -2.20. The molecule has 10 nitrogen and oxygen atoms in total. The fourth-order valence-electron chi connectivity index (χ4n) is 1.77. The molecule has 0 fully saturated rings. The third-order valence-electron chi connectivity index (χ3n) is 2.93. The zero-order valence-electron chi connectivity index (χ0n) is 12.7. The molecule has 22 heavy (non-hydrogen) atoms. The topological polar surface area (TPSA) is 123 Å². The van der Waals surface area contributed by atoms with Crippen molar-refractivity contribution in [3.8, 4) is 0 Å². The highest BCUT2D eigenvalue weighted by atomic mass is 16.6. The highest BCUT2D eigenvalue weighted by Crippen LogP contribution is 2.25. The van der Waals surface area contributed by atoms with E-state index in [1.54, 1.807) is 6.92 Å². The highest BCUT2D eigenvalue weighted by Gasteiger charge is 2.34. The average Bonchev–Trinajstić information content (AvgIpc) is 2.83. The van der Waals surface area contributed by atoms with Crippen LogP contribution >= 0.6 is 0 Å². The van der Waals surface area contributed by atoms with Gasteiger partial charge in [-0.1, -0.05) is 0 Å². The standard InChI is InChI=1S/C12H17N3O7/c1-7(20-2)6-14-11(12(17)22-4)10(15(18)19)8(13-14)5-9(16)21-3/h7H,5-6H2,1-4H3. The summed E-state index contributed by atoms with van der Waals surface area (Å²) in [5.74, 6) is -1.62. The van der Waals surface area contributed by atoms with Gasteiger partial charge >= 0.3 is 17.6 Å². The van der Waals surface area contributed by atoms with Crippen LogP contribution in [0.3, 0.4) is 0 Å². The van der Waals surface area contributed by atoms with Gasteiger partial charge in [0.05, 0.1) is 38.2 Å². The molecule has 10 heteroatoms. The number of carbonyl (C=O) groups is 2. The number of hydrogen-bond donors (Lipinski definition) is 0. The number of nitrogens with zero attached hydrogens (tertiary/aromatic N) is 3. The van der Waals surface area contributed by atoms with Gasteiger partial charge in [-0.3, -0.25) is 14.9 Å². The molecule has 0 aliphatic carbocycles. The number of aromatic nitrogens is 2. The molecule has 122 valence electrons. The van der Waals surface area contributed by atoms with Crippen molar-refractivity contribution in [2.75, 3.05) is 21.3 Å². The van der Waals surface area contributed by atoms with Crippen molar-refractivity contribution in [3.63, 3.8) is 0 Å². The van der Waals surface area contributed by atoms with Crippen LogP contribution in [0.5, 0.6) is 0 Å². The molecule has 0 spiro atoms. The predicted molar refractivity (Wildman–Crippen MR) is 72.4 cm³/mol. The van der Waals surface area contributed by atoms with E-state index in [-0.39, 0.29) is 24.0 Å². The lowest BCUT2D eigenvalue weighted by Gasteiger charge is -2.10. The molecule has 0 aliphatic rings. The smallest absolute Gasteiger partial charge is 0.363 e. The van der Waals surface area contributed by atoms with Crippen LogP contribution < -0.4 is 0 Å². The fourth-order valence-corrected chi connectivity index (χ4v) is 1.77. The van der Waals surface area contributed by atoms with Crippen LogP contribution in [0.2, 0.25) is 0 Å². The van der Waals surface area contributed by atoms with E-state index < -0.39 is 29.0 Å². The Labute approximate surface area is 126 Å². The molecule has 0 aromatic carbocycles. The van der Waals surface area contributed by atoms with Gasteiger partial charge in [0.1, 0.15) is 0 Å². The molecule has 1 rings (SSSR count). The molecule has 0 saturated carbocycles. The minimum absolute atomic E-state index is 0.0863. The van der Waals surface area contributed by atoms with Crippen molar-refractivity contribution in [2.45, 2.75) is 26.0 Å². The number of methoxy groups -OCH3 is 3. The Kier molecular flexibility index (Phi) is 5.99. The van der Waals surface area contributed by atoms with E-state index >= 15 is 0 Å². The monoisotopic (exact) mass is 315 g/mol. The summed E-state index contributed by atoms with van der Waals surface area (Å²) >= 11 is 0. The van der Waals surface area contributed by atoms with Crippen LogP contribution in [-0.4, -0.2) is 54.1 Å². The predicted octanol–water partition coefficient (Wildman–Crippen LogP) is 0.328. The Morgan fingerprint density at radius 1 is 1.32 bits per heavy atom. The summed E-state index contributed by atoms with van der Waals surface area (Å²) in [5.41, 5.74) is -1.07.